The van der Waals surface area contributed by atoms with Gasteiger partial charge in [-0.3, -0.25) is 4.79 Å². The maximum atomic E-state index is 12.4. The van der Waals surface area contributed by atoms with E-state index >= 15 is 0 Å². The van der Waals surface area contributed by atoms with Crippen molar-refractivity contribution in [1.29, 1.82) is 0 Å². The van der Waals surface area contributed by atoms with Gasteiger partial charge in [-0.2, -0.15) is 4.31 Å². The van der Waals surface area contributed by atoms with Crippen LogP contribution in [-0.2, 0) is 14.8 Å². The normalized spacial score (nSPS) is 20.1. The van der Waals surface area contributed by atoms with Gasteiger partial charge in [0.2, 0.25) is 0 Å². The molecule has 1 unspecified atom stereocenters. The number of carboxylic acid groups (broad SMARTS) is 1. The molecule has 20 heavy (non-hydrogen) atoms. The van der Waals surface area contributed by atoms with Crippen molar-refractivity contribution in [2.75, 3.05) is 19.6 Å². The molecule has 0 saturated carbocycles. The van der Waals surface area contributed by atoms with Gasteiger partial charge in [0.25, 0.3) is 15.2 Å². The summed E-state index contributed by atoms with van der Waals surface area (Å²) in [4.78, 5) is 18.7. The minimum Gasteiger partial charge on any atom is -0.480 e. The van der Waals surface area contributed by atoms with Crippen molar-refractivity contribution >= 4 is 28.4 Å². The Hall–Kier alpha value is -1.29. The fourth-order valence-electron chi connectivity index (χ4n) is 1.84. The van der Waals surface area contributed by atoms with Crippen molar-refractivity contribution in [1.82, 2.24) is 19.6 Å². The van der Waals surface area contributed by atoms with Gasteiger partial charge in [0, 0.05) is 31.5 Å². The maximum absolute atomic E-state index is 12.4. The molecule has 0 amide bonds. The molecule has 0 aromatic carbocycles. The van der Waals surface area contributed by atoms with E-state index in [1.54, 1.807) is 13.0 Å². The smallest absolute Gasteiger partial charge is 0.323 e. The molecule has 8 nitrogen and oxygen atoms in total. The quantitative estimate of drug-likeness (QED) is 0.704. The molecule has 2 heterocycles. The fraction of sp³-hybridized carbons (Fsp3) is 0.500. The van der Waals surface area contributed by atoms with Gasteiger partial charge in [-0.1, -0.05) is 0 Å². The molecule has 0 spiro atoms. The van der Waals surface area contributed by atoms with Gasteiger partial charge in [0.1, 0.15) is 6.04 Å². The summed E-state index contributed by atoms with van der Waals surface area (Å²) in [5.41, 5.74) is 0.510. The van der Waals surface area contributed by atoms with Crippen molar-refractivity contribution in [3.63, 3.8) is 0 Å². The van der Waals surface area contributed by atoms with Crippen LogP contribution < -0.4 is 5.32 Å². The summed E-state index contributed by atoms with van der Waals surface area (Å²) in [6.45, 7) is 2.19. The third kappa shape index (κ3) is 3.23. The van der Waals surface area contributed by atoms with Crippen LogP contribution in [0.2, 0.25) is 0 Å². The highest BCUT2D eigenvalue weighted by atomic mass is 35.5. The second kappa shape index (κ2) is 6.44. The first-order chi connectivity index (χ1) is 8.93. The third-order valence-electron chi connectivity index (χ3n) is 2.79. The zero-order valence-corrected chi connectivity index (χ0v) is 12.3. The number of nitrogens with zero attached hydrogens (tertiary/aromatic N) is 3. The van der Waals surface area contributed by atoms with Crippen molar-refractivity contribution in [2.45, 2.75) is 18.1 Å². The molecule has 0 radical (unpaired) electrons. The Bertz CT molecular complexity index is 595. The molecule has 10 heteroatoms. The van der Waals surface area contributed by atoms with Crippen molar-refractivity contribution in [3.05, 3.63) is 18.0 Å². The van der Waals surface area contributed by atoms with Gasteiger partial charge in [0.05, 0.1) is 0 Å². The highest BCUT2D eigenvalue weighted by molar-refractivity contribution is 7.89. The summed E-state index contributed by atoms with van der Waals surface area (Å²) < 4.78 is 25.7. The van der Waals surface area contributed by atoms with E-state index in [-0.39, 0.29) is 30.7 Å². The number of aryl methyl sites for hydroxylation is 1. The van der Waals surface area contributed by atoms with Crippen LogP contribution in [0.4, 0.5) is 0 Å². The van der Waals surface area contributed by atoms with Crippen molar-refractivity contribution in [3.8, 4) is 0 Å². The lowest BCUT2D eigenvalue weighted by Gasteiger charge is -2.31. The largest absolute Gasteiger partial charge is 0.480 e. The van der Waals surface area contributed by atoms with Gasteiger partial charge in [-0.05, 0) is 13.0 Å². The van der Waals surface area contributed by atoms with Gasteiger partial charge in [0.15, 0.2) is 0 Å². The van der Waals surface area contributed by atoms with Crippen LogP contribution in [-0.4, -0.2) is 59.4 Å². The SMILES string of the molecule is Cc1ccnc(S(=O)(=O)N2CCNCC2C(=O)O)n1.Cl. The molecule has 1 aromatic rings. The Labute approximate surface area is 122 Å². The zero-order valence-electron chi connectivity index (χ0n) is 10.7. The third-order valence-corrected chi connectivity index (χ3v) is 4.50. The Balaban J connectivity index is 0.00000200. The van der Waals surface area contributed by atoms with E-state index in [2.05, 4.69) is 15.3 Å². The molecule has 1 saturated heterocycles. The molecule has 1 fully saturated rings. The van der Waals surface area contributed by atoms with Crippen LogP contribution in [0.25, 0.3) is 0 Å². The van der Waals surface area contributed by atoms with Crippen LogP contribution in [0.3, 0.4) is 0 Å². The van der Waals surface area contributed by atoms with Crippen molar-refractivity contribution < 1.29 is 18.3 Å². The maximum Gasteiger partial charge on any atom is 0.323 e. The second-order valence-electron chi connectivity index (χ2n) is 4.15. The predicted molar refractivity (Wildman–Crippen MR) is 72.2 cm³/mol. The number of carbonyl (C=O) groups is 1. The number of piperazine rings is 1. The van der Waals surface area contributed by atoms with Crippen molar-refractivity contribution in [2.24, 2.45) is 0 Å². The number of sulfonamides is 1. The van der Waals surface area contributed by atoms with E-state index in [0.29, 0.717) is 12.2 Å². The molecule has 1 aliphatic heterocycles. The van der Waals surface area contributed by atoms with Crippen LogP contribution in [0, 0.1) is 6.92 Å². The first-order valence-electron chi connectivity index (χ1n) is 5.68. The highest BCUT2D eigenvalue weighted by Crippen LogP contribution is 2.16. The summed E-state index contributed by atoms with van der Waals surface area (Å²) in [6, 6.07) is 0.439. The van der Waals surface area contributed by atoms with Gasteiger partial charge in [-0.15, -0.1) is 12.4 Å². The van der Waals surface area contributed by atoms with E-state index in [1.807, 2.05) is 0 Å². The van der Waals surface area contributed by atoms with E-state index < -0.39 is 22.0 Å². The Morgan fingerprint density at radius 3 is 2.85 bits per heavy atom. The minimum atomic E-state index is -3.99. The summed E-state index contributed by atoms with van der Waals surface area (Å²) in [7, 11) is -3.99. The second-order valence-corrected chi connectivity index (χ2v) is 5.94. The van der Waals surface area contributed by atoms with Crippen LogP contribution in [0.5, 0.6) is 0 Å². The summed E-state index contributed by atoms with van der Waals surface area (Å²) in [5.74, 6) is -1.19. The van der Waals surface area contributed by atoms with Crippen LogP contribution in [0.1, 0.15) is 5.69 Å². The predicted octanol–water partition coefficient (Wildman–Crippen LogP) is -0.746. The zero-order chi connectivity index (χ0) is 14.0. The molecule has 2 rings (SSSR count). The molecule has 112 valence electrons. The first-order valence-corrected chi connectivity index (χ1v) is 7.12. The van der Waals surface area contributed by atoms with E-state index in [1.165, 1.54) is 6.20 Å². The Kier molecular flexibility index (Phi) is 5.40. The molecule has 1 aliphatic rings. The van der Waals surface area contributed by atoms with E-state index in [0.717, 1.165) is 4.31 Å². The molecule has 0 bridgehead atoms. The number of halogens is 1. The van der Waals surface area contributed by atoms with E-state index in [9.17, 15) is 13.2 Å². The summed E-state index contributed by atoms with van der Waals surface area (Å²) in [5, 5.41) is 11.6. The average molecular weight is 323 g/mol. The van der Waals surface area contributed by atoms with Gasteiger partial charge < -0.3 is 10.4 Å². The van der Waals surface area contributed by atoms with Crippen LogP contribution >= 0.6 is 12.4 Å². The monoisotopic (exact) mass is 322 g/mol. The number of carboxylic acids is 1. The minimum absolute atomic E-state index is 0. The molecule has 1 aromatic heterocycles. The lowest BCUT2D eigenvalue weighted by molar-refractivity contribution is -0.141. The lowest BCUT2D eigenvalue weighted by Crippen LogP contribution is -2.57. The molecular formula is C10H15ClN4O4S. The number of hydrogen-bond donors (Lipinski definition) is 2. The molecular weight excluding hydrogens is 308 g/mol. The van der Waals surface area contributed by atoms with Gasteiger partial charge in [-0.25, -0.2) is 18.4 Å². The first kappa shape index (κ1) is 16.8. The number of aliphatic carboxylic acids is 1. The standard InChI is InChI=1S/C10H14N4O4S.ClH/c1-7-2-3-12-10(13-7)19(17,18)14-5-4-11-6-8(14)9(15)16;/h2-3,8,11H,4-6H2,1H3,(H,15,16);1H. The average Bonchev–Trinajstić information content (AvgIpc) is 2.38. The molecule has 0 aliphatic carbocycles. The van der Waals surface area contributed by atoms with Crippen LogP contribution in [0.15, 0.2) is 17.4 Å². The topological polar surface area (TPSA) is 112 Å². The summed E-state index contributed by atoms with van der Waals surface area (Å²) >= 11 is 0. The number of hydrogen-bond acceptors (Lipinski definition) is 6. The van der Waals surface area contributed by atoms with Gasteiger partial charge >= 0.3 is 5.97 Å². The molecule has 2 N–H and O–H groups in total. The Morgan fingerprint density at radius 1 is 1.55 bits per heavy atom. The number of aromatic nitrogens is 2. The fourth-order valence-corrected chi connectivity index (χ4v) is 3.33. The molecule has 1 atom stereocenters. The number of nitrogens with one attached hydrogen (secondary N) is 1. The van der Waals surface area contributed by atoms with E-state index in [4.69, 9.17) is 5.11 Å². The highest BCUT2D eigenvalue weighted by Gasteiger charge is 2.39. The lowest BCUT2D eigenvalue weighted by atomic mass is 10.2. The summed E-state index contributed by atoms with van der Waals surface area (Å²) in [6.07, 6.45) is 1.34. The number of rotatable bonds is 3. The Morgan fingerprint density at radius 2 is 2.25 bits per heavy atom.